The fraction of sp³-hybridized carbons (Fsp3) is 0. The Hall–Kier alpha value is -8.06. The number of rotatable bonds is 6. The summed E-state index contributed by atoms with van der Waals surface area (Å²) in [5, 5.41) is 12.5. The highest BCUT2D eigenvalue weighted by atomic mass is 14.2. The zero-order valence-corrected chi connectivity index (χ0v) is 34.1. The first kappa shape index (κ1) is 35.8. The van der Waals surface area contributed by atoms with Crippen molar-refractivity contribution in [1.29, 1.82) is 0 Å². The molecule has 0 aliphatic carbocycles. The maximum Gasteiger partial charge on any atom is -0.0105 e. The van der Waals surface area contributed by atoms with Crippen LogP contribution >= 0.6 is 0 Å². The van der Waals surface area contributed by atoms with E-state index < -0.39 is 0 Å². The van der Waals surface area contributed by atoms with E-state index in [0.717, 1.165) is 0 Å². The van der Waals surface area contributed by atoms with Gasteiger partial charge in [-0.05, 0) is 169 Å². The smallest absolute Gasteiger partial charge is 0.0105 e. The second kappa shape index (κ2) is 14.9. The molecule has 62 heavy (non-hydrogen) atoms. The quantitative estimate of drug-likeness (QED) is 0.158. The van der Waals surface area contributed by atoms with E-state index in [2.05, 4.69) is 243 Å². The van der Waals surface area contributed by atoms with E-state index in [1.165, 1.54) is 121 Å². The van der Waals surface area contributed by atoms with E-state index in [4.69, 9.17) is 0 Å². The van der Waals surface area contributed by atoms with Crippen LogP contribution < -0.4 is 0 Å². The molecule has 0 heteroatoms. The molecule has 0 saturated heterocycles. The van der Waals surface area contributed by atoms with Gasteiger partial charge < -0.3 is 0 Å². The van der Waals surface area contributed by atoms with Crippen molar-refractivity contribution in [3.8, 4) is 66.8 Å². The van der Waals surface area contributed by atoms with Crippen LogP contribution in [0.1, 0.15) is 0 Å². The first-order chi connectivity index (χ1) is 30.7. The van der Waals surface area contributed by atoms with Crippen molar-refractivity contribution >= 4 is 53.9 Å². The summed E-state index contributed by atoms with van der Waals surface area (Å²) in [5.74, 6) is 0. The van der Waals surface area contributed by atoms with Crippen molar-refractivity contribution in [2.75, 3.05) is 0 Å². The summed E-state index contributed by atoms with van der Waals surface area (Å²) in [4.78, 5) is 0. The molecule has 0 nitrogen and oxygen atoms in total. The molecule has 0 saturated carbocycles. The molecule has 0 radical (unpaired) electrons. The lowest BCUT2D eigenvalue weighted by atomic mass is 9.88. The van der Waals surface area contributed by atoms with Gasteiger partial charge in [0.05, 0.1) is 0 Å². The highest BCUT2D eigenvalue weighted by Crippen LogP contribution is 2.41. The van der Waals surface area contributed by atoms with E-state index in [0.29, 0.717) is 0 Å². The number of hydrogen-bond donors (Lipinski definition) is 0. The number of hydrogen-bond acceptors (Lipinski definition) is 0. The molecule has 0 amide bonds. The third-order valence-corrected chi connectivity index (χ3v) is 12.8. The molecule has 12 rings (SSSR count). The number of benzene rings is 12. The molecule has 0 bridgehead atoms. The SMILES string of the molecule is c1ccc2c(-c3cc(-c4ccc5cc(-c6cc(-c7cccc8ccccc78)cc(-c7cccc8ccccc78)c6)ccc5c4)cc(-c4cccc5ccccc45)c3)cccc2c1. The summed E-state index contributed by atoms with van der Waals surface area (Å²) in [6, 6.07) is 89.6. The standard InChI is InChI=1S/C62H40/c1-5-21-55-41(13-1)17-9-25-59(55)51-35-49(36-52(39-51)60-26-10-18-42-14-2-6-22-56(42)60)47-31-29-46-34-48(32-30-45(46)33-47)50-37-53(61-27-11-19-43-15-3-7-23-57(43)61)40-54(38-50)62-28-12-20-44-16-4-8-24-58(44)62/h1-40H. The van der Waals surface area contributed by atoms with Crippen LogP contribution in [0.2, 0.25) is 0 Å². The van der Waals surface area contributed by atoms with Crippen molar-refractivity contribution in [3.05, 3.63) is 243 Å². The summed E-state index contributed by atoms with van der Waals surface area (Å²) in [7, 11) is 0. The van der Waals surface area contributed by atoms with E-state index in [1.807, 2.05) is 0 Å². The first-order valence-electron chi connectivity index (χ1n) is 21.5. The first-order valence-corrected chi connectivity index (χ1v) is 21.5. The van der Waals surface area contributed by atoms with Crippen molar-refractivity contribution in [3.63, 3.8) is 0 Å². The van der Waals surface area contributed by atoms with Crippen LogP contribution in [0.15, 0.2) is 243 Å². The minimum absolute atomic E-state index is 1.20. The van der Waals surface area contributed by atoms with Gasteiger partial charge in [0.25, 0.3) is 0 Å². The monoisotopic (exact) mass is 784 g/mol. The van der Waals surface area contributed by atoms with Gasteiger partial charge >= 0.3 is 0 Å². The van der Waals surface area contributed by atoms with Crippen molar-refractivity contribution in [2.24, 2.45) is 0 Å². The normalized spacial score (nSPS) is 11.5. The second-order valence-corrected chi connectivity index (χ2v) is 16.5. The molecular weight excluding hydrogens is 745 g/mol. The van der Waals surface area contributed by atoms with Gasteiger partial charge in [0.1, 0.15) is 0 Å². The Morgan fingerprint density at radius 1 is 0.145 bits per heavy atom. The van der Waals surface area contributed by atoms with Gasteiger partial charge in [0.15, 0.2) is 0 Å². The Labute approximate surface area is 361 Å². The highest BCUT2D eigenvalue weighted by Gasteiger charge is 2.15. The Morgan fingerprint density at radius 2 is 0.403 bits per heavy atom. The molecule has 0 aliphatic heterocycles. The molecule has 0 atom stereocenters. The van der Waals surface area contributed by atoms with E-state index >= 15 is 0 Å². The van der Waals surface area contributed by atoms with Crippen LogP contribution in [0.3, 0.4) is 0 Å². The predicted molar refractivity (Wildman–Crippen MR) is 267 cm³/mol. The average molecular weight is 785 g/mol. The van der Waals surface area contributed by atoms with E-state index in [-0.39, 0.29) is 0 Å². The molecule has 0 heterocycles. The minimum Gasteiger partial charge on any atom is -0.0616 e. The highest BCUT2D eigenvalue weighted by molar-refractivity contribution is 6.04. The molecule has 12 aromatic carbocycles. The molecule has 0 N–H and O–H groups in total. The van der Waals surface area contributed by atoms with Crippen LogP contribution in [-0.4, -0.2) is 0 Å². The van der Waals surface area contributed by atoms with Gasteiger partial charge in [-0.3, -0.25) is 0 Å². The largest absolute Gasteiger partial charge is 0.0616 e. The fourth-order valence-corrected chi connectivity index (χ4v) is 9.72. The zero-order valence-electron chi connectivity index (χ0n) is 34.1. The van der Waals surface area contributed by atoms with Crippen molar-refractivity contribution in [1.82, 2.24) is 0 Å². The van der Waals surface area contributed by atoms with Crippen LogP contribution in [0, 0.1) is 0 Å². The average Bonchev–Trinajstić information content (AvgIpc) is 3.35. The summed E-state index contributed by atoms with van der Waals surface area (Å²) in [6.07, 6.45) is 0. The zero-order chi connectivity index (χ0) is 41.0. The van der Waals surface area contributed by atoms with E-state index in [1.54, 1.807) is 0 Å². The Balaban J connectivity index is 1.00. The molecule has 12 aromatic rings. The van der Waals surface area contributed by atoms with Crippen molar-refractivity contribution in [2.45, 2.75) is 0 Å². The topological polar surface area (TPSA) is 0 Å². The van der Waals surface area contributed by atoms with Gasteiger partial charge in [0, 0.05) is 0 Å². The lowest BCUT2D eigenvalue weighted by Crippen LogP contribution is -1.89. The molecule has 0 unspecified atom stereocenters. The maximum atomic E-state index is 2.37. The molecule has 0 aliphatic rings. The Bertz CT molecular complexity index is 3240. The maximum absolute atomic E-state index is 2.37. The van der Waals surface area contributed by atoms with Gasteiger partial charge in [-0.2, -0.15) is 0 Å². The van der Waals surface area contributed by atoms with Gasteiger partial charge in [-0.1, -0.05) is 194 Å². The fourth-order valence-electron chi connectivity index (χ4n) is 9.72. The summed E-state index contributed by atoms with van der Waals surface area (Å²) < 4.78 is 0. The Morgan fingerprint density at radius 3 is 0.710 bits per heavy atom. The van der Waals surface area contributed by atoms with Gasteiger partial charge in [-0.25, -0.2) is 0 Å². The van der Waals surface area contributed by atoms with E-state index in [9.17, 15) is 0 Å². The third-order valence-electron chi connectivity index (χ3n) is 12.8. The van der Waals surface area contributed by atoms with Gasteiger partial charge in [0.2, 0.25) is 0 Å². The van der Waals surface area contributed by atoms with Crippen LogP contribution in [-0.2, 0) is 0 Å². The Kier molecular flexibility index (Phi) is 8.61. The molecular formula is C62H40. The molecule has 0 fully saturated rings. The molecule has 288 valence electrons. The molecule has 0 spiro atoms. The second-order valence-electron chi connectivity index (χ2n) is 16.5. The minimum atomic E-state index is 1.20. The summed E-state index contributed by atoms with van der Waals surface area (Å²) in [5.41, 5.74) is 14.6. The lowest BCUT2D eigenvalue weighted by molar-refractivity contribution is 1.59. The summed E-state index contributed by atoms with van der Waals surface area (Å²) in [6.45, 7) is 0. The lowest BCUT2D eigenvalue weighted by Gasteiger charge is -2.16. The van der Waals surface area contributed by atoms with Crippen LogP contribution in [0.5, 0.6) is 0 Å². The van der Waals surface area contributed by atoms with Gasteiger partial charge in [-0.15, -0.1) is 0 Å². The number of fused-ring (bicyclic) bond motifs is 5. The summed E-state index contributed by atoms with van der Waals surface area (Å²) >= 11 is 0. The third kappa shape index (κ3) is 6.33. The predicted octanol–water partition coefficient (Wildman–Crippen LogP) is 17.5. The van der Waals surface area contributed by atoms with Crippen LogP contribution in [0.25, 0.3) is 121 Å². The van der Waals surface area contributed by atoms with Crippen LogP contribution in [0.4, 0.5) is 0 Å². The molecule has 0 aromatic heterocycles. The van der Waals surface area contributed by atoms with Crippen molar-refractivity contribution < 1.29 is 0 Å².